The lowest BCUT2D eigenvalue weighted by molar-refractivity contribution is -0.384. The number of benzene rings is 1. The van der Waals surface area contributed by atoms with Gasteiger partial charge in [0, 0.05) is 12.1 Å². The second-order valence-electron chi connectivity index (χ2n) is 4.91. The van der Waals surface area contributed by atoms with E-state index < -0.39 is 17.1 Å². The Bertz CT molecular complexity index is 390. The summed E-state index contributed by atoms with van der Waals surface area (Å²) in [7, 11) is 0. The van der Waals surface area contributed by atoms with Crippen LogP contribution >= 0.6 is 0 Å². The minimum atomic E-state index is -0.617. The summed E-state index contributed by atoms with van der Waals surface area (Å²) in [5, 5.41) is 20.5. The first kappa shape index (κ1) is 14.6. The van der Waals surface area contributed by atoms with E-state index in [4.69, 9.17) is 5.73 Å². The fraction of sp³-hybridized carbons (Fsp3) is 0.538. The number of nitro groups is 1. The molecule has 0 amide bonds. The van der Waals surface area contributed by atoms with Crippen LogP contribution in [0.3, 0.4) is 0 Å². The fourth-order valence-corrected chi connectivity index (χ4v) is 1.72. The zero-order chi connectivity index (χ0) is 13.7. The van der Waals surface area contributed by atoms with Gasteiger partial charge in [-0.05, 0) is 24.3 Å². The summed E-state index contributed by atoms with van der Waals surface area (Å²) in [6.07, 6.45) is 0.923. The summed E-state index contributed by atoms with van der Waals surface area (Å²) in [4.78, 5) is 10.1. The minimum Gasteiger partial charge on any atom is -0.391 e. The Balaban J connectivity index is 2.65. The average molecular weight is 252 g/mol. The van der Waals surface area contributed by atoms with Crippen molar-refractivity contribution in [3.63, 3.8) is 0 Å². The van der Waals surface area contributed by atoms with E-state index in [2.05, 4.69) is 13.8 Å². The van der Waals surface area contributed by atoms with Crippen molar-refractivity contribution in [2.24, 2.45) is 11.7 Å². The molecule has 0 aliphatic carbocycles. The van der Waals surface area contributed by atoms with Crippen molar-refractivity contribution in [1.82, 2.24) is 0 Å². The molecule has 0 aromatic heterocycles. The van der Waals surface area contributed by atoms with Crippen molar-refractivity contribution in [2.75, 3.05) is 0 Å². The predicted molar refractivity (Wildman–Crippen MR) is 70.1 cm³/mol. The molecule has 1 aromatic carbocycles. The van der Waals surface area contributed by atoms with E-state index in [1.54, 1.807) is 12.1 Å². The Morgan fingerprint density at radius 3 is 2.28 bits per heavy atom. The highest BCUT2D eigenvalue weighted by molar-refractivity contribution is 5.34. The lowest BCUT2D eigenvalue weighted by atomic mass is 9.96. The quantitative estimate of drug-likeness (QED) is 0.601. The number of nitrogens with zero attached hydrogens (tertiary/aromatic N) is 1. The maximum absolute atomic E-state index is 10.5. The fourth-order valence-electron chi connectivity index (χ4n) is 1.72. The van der Waals surface area contributed by atoms with Gasteiger partial charge in [0.15, 0.2) is 0 Å². The minimum absolute atomic E-state index is 0.0302. The van der Waals surface area contributed by atoms with Crippen LogP contribution in [0.15, 0.2) is 24.3 Å². The molecule has 0 bridgehead atoms. The van der Waals surface area contributed by atoms with E-state index in [9.17, 15) is 15.2 Å². The molecule has 18 heavy (non-hydrogen) atoms. The second-order valence-corrected chi connectivity index (χ2v) is 4.91. The van der Waals surface area contributed by atoms with Crippen molar-refractivity contribution in [1.29, 1.82) is 0 Å². The van der Waals surface area contributed by atoms with Gasteiger partial charge in [0.1, 0.15) is 0 Å². The third-order valence-corrected chi connectivity index (χ3v) is 2.94. The molecule has 0 aliphatic heterocycles. The molecule has 5 heteroatoms. The van der Waals surface area contributed by atoms with E-state index in [0.717, 1.165) is 12.0 Å². The Labute approximate surface area is 107 Å². The molecule has 2 atom stereocenters. The molecule has 0 aliphatic rings. The maximum atomic E-state index is 10.5. The van der Waals surface area contributed by atoms with E-state index in [0.29, 0.717) is 12.3 Å². The van der Waals surface area contributed by atoms with Crippen LogP contribution in [0.25, 0.3) is 0 Å². The zero-order valence-electron chi connectivity index (χ0n) is 10.7. The summed E-state index contributed by atoms with van der Waals surface area (Å²) in [6, 6.07) is 5.52. The number of rotatable bonds is 6. The van der Waals surface area contributed by atoms with Gasteiger partial charge < -0.3 is 10.8 Å². The number of non-ortho nitro benzene ring substituents is 1. The molecule has 5 nitrogen and oxygen atoms in total. The van der Waals surface area contributed by atoms with Crippen molar-refractivity contribution in [2.45, 2.75) is 38.8 Å². The summed E-state index contributed by atoms with van der Waals surface area (Å²) in [5.41, 5.74) is 6.68. The zero-order valence-corrected chi connectivity index (χ0v) is 10.7. The van der Waals surface area contributed by atoms with Crippen molar-refractivity contribution in [3.8, 4) is 0 Å². The van der Waals surface area contributed by atoms with Gasteiger partial charge in [0.2, 0.25) is 0 Å². The molecule has 0 saturated carbocycles. The summed E-state index contributed by atoms with van der Waals surface area (Å²) >= 11 is 0. The SMILES string of the molecule is CC(C)CC[C@@H](O)[C@@H](N)c1ccc([N+](=O)[O-])cc1. The van der Waals surface area contributed by atoms with Crippen LogP contribution < -0.4 is 5.73 Å². The highest BCUT2D eigenvalue weighted by atomic mass is 16.6. The lowest BCUT2D eigenvalue weighted by Gasteiger charge is -2.19. The average Bonchev–Trinajstić information content (AvgIpc) is 2.35. The van der Waals surface area contributed by atoms with Gasteiger partial charge in [-0.15, -0.1) is 0 Å². The van der Waals surface area contributed by atoms with Crippen LogP contribution in [-0.4, -0.2) is 16.1 Å². The van der Waals surface area contributed by atoms with Crippen LogP contribution in [0.4, 0.5) is 5.69 Å². The molecule has 0 heterocycles. The Hall–Kier alpha value is -1.46. The van der Waals surface area contributed by atoms with Crippen LogP contribution in [0.5, 0.6) is 0 Å². The molecule has 0 saturated heterocycles. The molecule has 1 aromatic rings. The van der Waals surface area contributed by atoms with E-state index in [-0.39, 0.29) is 5.69 Å². The standard InChI is InChI=1S/C13H20N2O3/c1-9(2)3-8-12(16)13(14)10-4-6-11(7-5-10)15(17)18/h4-7,9,12-13,16H,3,8,14H2,1-2H3/t12-,13+/m1/s1. The van der Waals surface area contributed by atoms with Gasteiger partial charge in [-0.25, -0.2) is 0 Å². The molecule has 0 unspecified atom stereocenters. The first-order valence-corrected chi connectivity index (χ1v) is 6.09. The predicted octanol–water partition coefficient (Wildman–Crippen LogP) is 2.39. The van der Waals surface area contributed by atoms with Gasteiger partial charge in [-0.1, -0.05) is 26.0 Å². The molecule has 0 radical (unpaired) electrons. The van der Waals surface area contributed by atoms with Crippen LogP contribution in [0.1, 0.15) is 38.3 Å². The van der Waals surface area contributed by atoms with Gasteiger partial charge >= 0.3 is 0 Å². The molecular weight excluding hydrogens is 232 g/mol. The van der Waals surface area contributed by atoms with Crippen LogP contribution in [-0.2, 0) is 0 Å². The van der Waals surface area contributed by atoms with Gasteiger partial charge in [-0.3, -0.25) is 10.1 Å². The highest BCUT2D eigenvalue weighted by Gasteiger charge is 2.17. The number of aliphatic hydroxyl groups is 1. The van der Waals surface area contributed by atoms with Crippen LogP contribution in [0, 0.1) is 16.0 Å². The molecule has 0 fully saturated rings. The third-order valence-electron chi connectivity index (χ3n) is 2.94. The van der Waals surface area contributed by atoms with Crippen molar-refractivity contribution < 1.29 is 10.0 Å². The van der Waals surface area contributed by atoms with Gasteiger partial charge in [0.25, 0.3) is 5.69 Å². The smallest absolute Gasteiger partial charge is 0.269 e. The molecule has 100 valence electrons. The Kier molecular flexibility index (Phi) is 5.25. The first-order valence-electron chi connectivity index (χ1n) is 6.09. The van der Waals surface area contributed by atoms with Crippen LogP contribution in [0.2, 0.25) is 0 Å². The summed E-state index contributed by atoms with van der Waals surface area (Å²) in [6.45, 7) is 4.17. The molecular formula is C13H20N2O3. The normalized spacial score (nSPS) is 14.5. The second kappa shape index (κ2) is 6.47. The van der Waals surface area contributed by atoms with Gasteiger partial charge in [0.05, 0.1) is 17.1 Å². The molecule has 1 rings (SSSR count). The van der Waals surface area contributed by atoms with E-state index >= 15 is 0 Å². The number of nitro benzene ring substituents is 1. The largest absolute Gasteiger partial charge is 0.391 e. The Morgan fingerprint density at radius 1 is 1.28 bits per heavy atom. The number of aliphatic hydroxyl groups excluding tert-OH is 1. The molecule has 3 N–H and O–H groups in total. The monoisotopic (exact) mass is 252 g/mol. The van der Waals surface area contributed by atoms with E-state index in [1.807, 2.05) is 0 Å². The highest BCUT2D eigenvalue weighted by Crippen LogP contribution is 2.21. The topological polar surface area (TPSA) is 89.4 Å². The van der Waals surface area contributed by atoms with Gasteiger partial charge in [-0.2, -0.15) is 0 Å². The lowest BCUT2D eigenvalue weighted by Crippen LogP contribution is -2.26. The number of nitrogens with two attached hydrogens (primary N) is 1. The third kappa shape index (κ3) is 4.09. The maximum Gasteiger partial charge on any atom is 0.269 e. The van der Waals surface area contributed by atoms with Crippen molar-refractivity contribution >= 4 is 5.69 Å². The Morgan fingerprint density at radius 2 is 1.83 bits per heavy atom. The summed E-state index contributed by atoms with van der Waals surface area (Å²) < 4.78 is 0. The first-order chi connectivity index (χ1) is 8.41. The van der Waals surface area contributed by atoms with E-state index in [1.165, 1.54) is 12.1 Å². The number of hydrogen-bond acceptors (Lipinski definition) is 4. The van der Waals surface area contributed by atoms with Crippen molar-refractivity contribution in [3.05, 3.63) is 39.9 Å². The summed E-state index contributed by atoms with van der Waals surface area (Å²) in [5.74, 6) is 0.517. The number of hydrogen-bond donors (Lipinski definition) is 2. The molecule has 0 spiro atoms.